The Morgan fingerprint density at radius 3 is 2.66 bits per heavy atom. The summed E-state index contributed by atoms with van der Waals surface area (Å²) >= 11 is 0. The predicted molar refractivity (Wildman–Crippen MR) is 137 cm³/mol. The van der Waals surface area contributed by atoms with Crippen molar-refractivity contribution in [3.05, 3.63) is 71.9 Å². The highest BCUT2D eigenvalue weighted by Crippen LogP contribution is 2.20. The number of nitrogens with zero attached hydrogens (tertiary/aromatic N) is 4. The Morgan fingerprint density at radius 2 is 1.97 bits per heavy atom. The molecule has 0 radical (unpaired) electrons. The van der Waals surface area contributed by atoms with Crippen molar-refractivity contribution in [2.45, 2.75) is 26.4 Å². The van der Waals surface area contributed by atoms with E-state index in [-0.39, 0.29) is 24.0 Å². The Hall–Kier alpha value is -2.66. The number of pyridine rings is 1. The molecular formula is C23H31IN6O2. The predicted octanol–water partition coefficient (Wildman–Crippen LogP) is 3.47. The number of methoxy groups -OCH3 is 1. The summed E-state index contributed by atoms with van der Waals surface area (Å²) in [6, 6.07) is 10.2. The minimum absolute atomic E-state index is 0. The number of hydrogen-bond acceptors (Lipinski definition) is 5. The molecule has 2 N–H and O–H groups in total. The van der Waals surface area contributed by atoms with Gasteiger partial charge in [-0.2, -0.15) is 0 Å². The molecule has 0 saturated carbocycles. The van der Waals surface area contributed by atoms with Crippen LogP contribution in [-0.2, 0) is 17.8 Å². The van der Waals surface area contributed by atoms with Gasteiger partial charge < -0.3 is 20.1 Å². The van der Waals surface area contributed by atoms with E-state index in [4.69, 9.17) is 9.47 Å². The van der Waals surface area contributed by atoms with E-state index in [1.807, 2.05) is 29.1 Å². The molecule has 3 aromatic rings. The van der Waals surface area contributed by atoms with E-state index in [1.54, 1.807) is 26.7 Å². The molecular weight excluding hydrogens is 519 g/mol. The van der Waals surface area contributed by atoms with Gasteiger partial charge in [0.2, 0.25) is 0 Å². The first-order valence-electron chi connectivity index (χ1n) is 10.3. The number of hydrogen-bond donors (Lipinski definition) is 2. The van der Waals surface area contributed by atoms with Crippen LogP contribution in [0.2, 0.25) is 0 Å². The molecule has 8 nitrogen and oxygen atoms in total. The van der Waals surface area contributed by atoms with Crippen molar-refractivity contribution in [3.63, 3.8) is 0 Å². The van der Waals surface area contributed by atoms with Gasteiger partial charge in [-0.15, -0.1) is 24.0 Å². The smallest absolute Gasteiger partial charge is 0.191 e. The van der Waals surface area contributed by atoms with Gasteiger partial charge in [-0.3, -0.25) is 9.56 Å². The molecule has 2 heterocycles. The number of benzene rings is 1. The summed E-state index contributed by atoms with van der Waals surface area (Å²) in [4.78, 5) is 12.8. The third-order valence-corrected chi connectivity index (χ3v) is 4.68. The largest absolute Gasteiger partial charge is 0.493 e. The first-order valence-corrected chi connectivity index (χ1v) is 10.3. The first kappa shape index (κ1) is 25.6. The lowest BCUT2D eigenvalue weighted by molar-refractivity contribution is 0.171. The van der Waals surface area contributed by atoms with Crippen LogP contribution in [-0.4, -0.2) is 47.9 Å². The van der Waals surface area contributed by atoms with Gasteiger partial charge in [-0.25, -0.2) is 9.97 Å². The molecule has 0 fully saturated rings. The Morgan fingerprint density at radius 1 is 1.12 bits per heavy atom. The van der Waals surface area contributed by atoms with Crippen LogP contribution in [0.4, 0.5) is 0 Å². The molecule has 0 atom stereocenters. The molecule has 32 heavy (non-hydrogen) atoms. The lowest BCUT2D eigenvalue weighted by Crippen LogP contribution is -2.36. The van der Waals surface area contributed by atoms with Gasteiger partial charge >= 0.3 is 0 Å². The van der Waals surface area contributed by atoms with E-state index in [1.165, 1.54) is 5.56 Å². The zero-order valence-electron chi connectivity index (χ0n) is 18.7. The van der Waals surface area contributed by atoms with Crippen molar-refractivity contribution in [3.8, 4) is 11.6 Å². The first-order chi connectivity index (χ1) is 15.2. The van der Waals surface area contributed by atoms with Crippen LogP contribution in [0.15, 0.2) is 60.2 Å². The van der Waals surface area contributed by atoms with E-state index in [0.717, 1.165) is 29.1 Å². The second-order valence-corrected chi connectivity index (χ2v) is 7.08. The van der Waals surface area contributed by atoms with Gasteiger partial charge in [-0.05, 0) is 30.2 Å². The molecule has 0 spiro atoms. The third-order valence-electron chi connectivity index (χ3n) is 4.68. The fraction of sp³-hybridized carbons (Fsp3) is 0.348. The van der Waals surface area contributed by atoms with E-state index in [2.05, 4.69) is 50.7 Å². The van der Waals surface area contributed by atoms with E-state index >= 15 is 0 Å². The van der Waals surface area contributed by atoms with Crippen molar-refractivity contribution in [1.82, 2.24) is 25.2 Å². The Labute approximate surface area is 206 Å². The molecule has 2 aromatic heterocycles. The number of guanidine groups is 1. The van der Waals surface area contributed by atoms with Crippen molar-refractivity contribution >= 4 is 29.9 Å². The molecule has 0 saturated heterocycles. The lowest BCUT2D eigenvalue weighted by atomic mass is 10.1. The maximum atomic E-state index is 5.96. The topological polar surface area (TPSA) is 85.6 Å². The fourth-order valence-electron chi connectivity index (χ4n) is 2.98. The molecule has 0 amide bonds. The monoisotopic (exact) mass is 550 g/mol. The minimum atomic E-state index is 0. The number of imidazole rings is 1. The number of aromatic nitrogens is 3. The number of rotatable bonds is 10. The molecule has 1 aromatic carbocycles. The summed E-state index contributed by atoms with van der Waals surface area (Å²) in [5, 5.41) is 6.68. The van der Waals surface area contributed by atoms with Gasteiger partial charge in [0.15, 0.2) is 5.96 Å². The van der Waals surface area contributed by atoms with E-state index in [9.17, 15) is 0 Å². The van der Waals surface area contributed by atoms with Crippen LogP contribution in [0.3, 0.4) is 0 Å². The van der Waals surface area contributed by atoms with Crippen molar-refractivity contribution < 1.29 is 9.47 Å². The van der Waals surface area contributed by atoms with Crippen LogP contribution in [0.25, 0.3) is 5.82 Å². The maximum Gasteiger partial charge on any atom is 0.191 e. The third kappa shape index (κ3) is 7.79. The Bertz CT molecular complexity index is 961. The molecule has 0 bridgehead atoms. The van der Waals surface area contributed by atoms with E-state index in [0.29, 0.717) is 32.3 Å². The molecule has 0 unspecified atom stereocenters. The van der Waals surface area contributed by atoms with Gasteiger partial charge in [0.1, 0.15) is 17.9 Å². The second kappa shape index (κ2) is 13.7. The lowest BCUT2D eigenvalue weighted by Gasteiger charge is -2.15. The summed E-state index contributed by atoms with van der Waals surface area (Å²) < 4.78 is 12.9. The Kier molecular flexibility index (Phi) is 10.9. The van der Waals surface area contributed by atoms with Gasteiger partial charge in [0.25, 0.3) is 0 Å². The average Bonchev–Trinajstić information content (AvgIpc) is 3.33. The van der Waals surface area contributed by atoms with Crippen LogP contribution >= 0.6 is 24.0 Å². The zero-order chi connectivity index (χ0) is 21.9. The number of ether oxygens (including phenoxy) is 2. The van der Waals surface area contributed by atoms with Crippen LogP contribution < -0.4 is 15.4 Å². The van der Waals surface area contributed by atoms with Gasteiger partial charge in [-0.1, -0.05) is 18.2 Å². The molecule has 3 rings (SSSR count). The molecule has 0 aliphatic rings. The number of aryl methyl sites for hydroxylation is 1. The van der Waals surface area contributed by atoms with Crippen LogP contribution in [0, 0.1) is 6.92 Å². The highest BCUT2D eigenvalue weighted by atomic mass is 127. The van der Waals surface area contributed by atoms with E-state index < -0.39 is 0 Å². The fourth-order valence-corrected chi connectivity index (χ4v) is 2.98. The van der Waals surface area contributed by atoms with Crippen molar-refractivity contribution in [1.29, 1.82) is 0 Å². The SMILES string of the molecule is CN=C(NCc1ccc(-n2ccnc2)nc1)NCc1ccc(C)cc1OCCCOC.I. The number of halogens is 1. The normalized spacial score (nSPS) is 11.0. The zero-order valence-corrected chi connectivity index (χ0v) is 21.1. The molecule has 0 aliphatic carbocycles. The average molecular weight is 550 g/mol. The number of aliphatic imine (C=N–C) groups is 1. The Balaban J connectivity index is 0.00000363. The summed E-state index contributed by atoms with van der Waals surface area (Å²) in [7, 11) is 3.46. The maximum absolute atomic E-state index is 5.96. The van der Waals surface area contributed by atoms with Crippen LogP contribution in [0.5, 0.6) is 5.75 Å². The van der Waals surface area contributed by atoms with Crippen molar-refractivity contribution in [2.75, 3.05) is 27.4 Å². The summed E-state index contributed by atoms with van der Waals surface area (Å²) in [6.45, 7) is 4.60. The quantitative estimate of drug-likeness (QED) is 0.174. The molecule has 172 valence electrons. The highest BCUT2D eigenvalue weighted by Gasteiger charge is 2.07. The van der Waals surface area contributed by atoms with Gasteiger partial charge in [0.05, 0.1) is 6.61 Å². The second-order valence-electron chi connectivity index (χ2n) is 7.08. The summed E-state index contributed by atoms with van der Waals surface area (Å²) in [6.07, 6.45) is 8.03. The standard InChI is InChI=1S/C23H30N6O2.HI/c1-18-5-7-20(21(13-18)31-12-4-11-30-3)16-28-23(24-2)27-15-19-6-8-22(26-14-19)29-10-9-25-17-29;/h5-10,13-14,17H,4,11-12,15-16H2,1-3H3,(H2,24,27,28);1H. The number of nitrogens with one attached hydrogen (secondary N) is 2. The highest BCUT2D eigenvalue weighted by molar-refractivity contribution is 14.0. The summed E-state index contributed by atoms with van der Waals surface area (Å²) in [5.74, 6) is 2.43. The molecule has 0 aliphatic heterocycles. The summed E-state index contributed by atoms with van der Waals surface area (Å²) in [5.41, 5.74) is 3.31. The van der Waals surface area contributed by atoms with Crippen LogP contribution in [0.1, 0.15) is 23.1 Å². The minimum Gasteiger partial charge on any atom is -0.493 e. The van der Waals surface area contributed by atoms with Gasteiger partial charge in [0, 0.05) is 64.4 Å². The van der Waals surface area contributed by atoms with Crippen molar-refractivity contribution in [2.24, 2.45) is 4.99 Å². The molecule has 9 heteroatoms.